The standard InChI is InChI=1S/C33H69N/c1-6-9-11-13-15-17-19-21-23-25-27-29-31-34(33(4,5)8-3)32-30-28-26-24-22-20-18-16-14-12-10-7-2/h6-32H2,1-5H3. The second kappa shape index (κ2) is 26.0. The molecule has 0 aromatic heterocycles. The van der Waals surface area contributed by atoms with E-state index in [1.54, 1.807) is 0 Å². The minimum absolute atomic E-state index is 0.371. The van der Waals surface area contributed by atoms with Gasteiger partial charge in [0.15, 0.2) is 0 Å². The monoisotopic (exact) mass is 480 g/mol. The van der Waals surface area contributed by atoms with Crippen molar-refractivity contribution >= 4 is 0 Å². The third-order valence-electron chi connectivity index (χ3n) is 8.28. The quantitative estimate of drug-likeness (QED) is 0.101. The van der Waals surface area contributed by atoms with Crippen molar-refractivity contribution in [1.29, 1.82) is 0 Å². The smallest absolute Gasteiger partial charge is 0.0150 e. The largest absolute Gasteiger partial charge is 0.298 e. The Kier molecular flexibility index (Phi) is 26.0. The van der Waals surface area contributed by atoms with E-state index in [4.69, 9.17) is 0 Å². The van der Waals surface area contributed by atoms with E-state index in [1.807, 2.05) is 0 Å². The molecule has 34 heavy (non-hydrogen) atoms. The summed E-state index contributed by atoms with van der Waals surface area (Å²) >= 11 is 0. The van der Waals surface area contributed by atoms with Gasteiger partial charge in [0.05, 0.1) is 0 Å². The van der Waals surface area contributed by atoms with Crippen molar-refractivity contribution in [2.75, 3.05) is 13.1 Å². The molecule has 0 heterocycles. The Morgan fingerprint density at radius 2 is 0.588 bits per heavy atom. The van der Waals surface area contributed by atoms with Crippen molar-refractivity contribution in [1.82, 2.24) is 4.90 Å². The number of hydrogen-bond donors (Lipinski definition) is 0. The first-order chi connectivity index (χ1) is 16.6. The van der Waals surface area contributed by atoms with Crippen LogP contribution in [0.15, 0.2) is 0 Å². The first-order valence-electron chi connectivity index (χ1n) is 16.3. The summed E-state index contributed by atoms with van der Waals surface area (Å²) in [6.45, 7) is 14.6. The SMILES string of the molecule is CCCCCCCCCCCCCCN(CCCCCCCCCCCCCC)C(C)(C)CC. The molecule has 1 nitrogen and oxygen atoms in total. The van der Waals surface area contributed by atoms with Crippen LogP contribution in [-0.4, -0.2) is 23.5 Å². The van der Waals surface area contributed by atoms with Gasteiger partial charge in [-0.15, -0.1) is 0 Å². The summed E-state index contributed by atoms with van der Waals surface area (Å²) in [5, 5.41) is 0. The fourth-order valence-electron chi connectivity index (χ4n) is 5.23. The molecular weight excluding hydrogens is 410 g/mol. The Bertz CT molecular complexity index is 347. The summed E-state index contributed by atoms with van der Waals surface area (Å²) in [5.74, 6) is 0. The molecule has 0 amide bonds. The second-order valence-electron chi connectivity index (χ2n) is 11.9. The van der Waals surface area contributed by atoms with Gasteiger partial charge < -0.3 is 0 Å². The number of nitrogens with zero attached hydrogens (tertiary/aromatic N) is 1. The minimum Gasteiger partial charge on any atom is -0.298 e. The maximum absolute atomic E-state index is 2.82. The Hall–Kier alpha value is -0.0400. The Morgan fingerprint density at radius 3 is 0.824 bits per heavy atom. The Balaban J connectivity index is 3.69. The number of rotatable bonds is 28. The van der Waals surface area contributed by atoms with Gasteiger partial charge in [0.1, 0.15) is 0 Å². The molecule has 0 aliphatic rings. The van der Waals surface area contributed by atoms with Crippen LogP contribution in [0.4, 0.5) is 0 Å². The summed E-state index contributed by atoms with van der Waals surface area (Å²) in [6, 6.07) is 0. The summed E-state index contributed by atoms with van der Waals surface area (Å²) in [6.07, 6.45) is 36.0. The van der Waals surface area contributed by atoms with Gasteiger partial charge in [0.25, 0.3) is 0 Å². The fraction of sp³-hybridized carbons (Fsp3) is 1.00. The Labute approximate surface area is 218 Å². The lowest BCUT2D eigenvalue weighted by Crippen LogP contribution is -2.44. The van der Waals surface area contributed by atoms with Crippen LogP contribution in [0, 0.1) is 0 Å². The van der Waals surface area contributed by atoms with E-state index >= 15 is 0 Å². The van der Waals surface area contributed by atoms with Crippen molar-refractivity contribution in [2.24, 2.45) is 0 Å². The lowest BCUT2D eigenvalue weighted by molar-refractivity contribution is 0.110. The summed E-state index contributed by atoms with van der Waals surface area (Å²) in [5.41, 5.74) is 0.371. The molecule has 0 radical (unpaired) electrons. The molecule has 0 N–H and O–H groups in total. The topological polar surface area (TPSA) is 3.24 Å². The first kappa shape index (κ1) is 34.0. The maximum atomic E-state index is 2.82. The molecular formula is C33H69N. The summed E-state index contributed by atoms with van der Waals surface area (Å²) < 4.78 is 0. The lowest BCUT2D eigenvalue weighted by atomic mass is 9.97. The van der Waals surface area contributed by atoms with Crippen LogP contribution in [0.3, 0.4) is 0 Å². The van der Waals surface area contributed by atoms with Crippen molar-refractivity contribution in [3.63, 3.8) is 0 Å². The van der Waals surface area contributed by atoms with Gasteiger partial charge in [-0.1, -0.05) is 162 Å². The molecule has 0 saturated heterocycles. The highest BCUT2D eigenvalue weighted by Gasteiger charge is 2.23. The normalized spacial score (nSPS) is 12.2. The van der Waals surface area contributed by atoms with Crippen LogP contribution in [0.25, 0.3) is 0 Å². The van der Waals surface area contributed by atoms with E-state index in [2.05, 4.69) is 39.5 Å². The van der Waals surface area contributed by atoms with Crippen LogP contribution in [0.1, 0.15) is 195 Å². The molecule has 206 valence electrons. The molecule has 0 saturated carbocycles. The predicted molar refractivity (Wildman–Crippen MR) is 158 cm³/mol. The first-order valence-corrected chi connectivity index (χ1v) is 16.3. The highest BCUT2D eigenvalue weighted by Crippen LogP contribution is 2.21. The molecule has 0 aromatic carbocycles. The molecule has 0 aliphatic carbocycles. The van der Waals surface area contributed by atoms with Crippen LogP contribution in [0.2, 0.25) is 0 Å². The molecule has 0 aliphatic heterocycles. The molecule has 0 atom stereocenters. The van der Waals surface area contributed by atoms with E-state index in [0.29, 0.717) is 5.54 Å². The van der Waals surface area contributed by atoms with Crippen molar-refractivity contribution < 1.29 is 0 Å². The zero-order valence-corrected chi connectivity index (χ0v) is 25.0. The zero-order chi connectivity index (χ0) is 25.2. The van der Waals surface area contributed by atoms with Crippen LogP contribution in [0.5, 0.6) is 0 Å². The highest BCUT2D eigenvalue weighted by molar-refractivity contribution is 4.80. The van der Waals surface area contributed by atoms with Gasteiger partial charge in [0, 0.05) is 5.54 Å². The van der Waals surface area contributed by atoms with Crippen LogP contribution < -0.4 is 0 Å². The fourth-order valence-corrected chi connectivity index (χ4v) is 5.23. The Morgan fingerprint density at radius 1 is 0.353 bits per heavy atom. The molecule has 0 unspecified atom stereocenters. The van der Waals surface area contributed by atoms with Crippen LogP contribution >= 0.6 is 0 Å². The van der Waals surface area contributed by atoms with Crippen molar-refractivity contribution in [3.05, 3.63) is 0 Å². The van der Waals surface area contributed by atoms with Gasteiger partial charge in [-0.25, -0.2) is 0 Å². The van der Waals surface area contributed by atoms with Gasteiger partial charge >= 0.3 is 0 Å². The second-order valence-corrected chi connectivity index (χ2v) is 11.9. The third-order valence-corrected chi connectivity index (χ3v) is 8.28. The molecule has 0 rings (SSSR count). The van der Waals surface area contributed by atoms with Gasteiger partial charge in [-0.2, -0.15) is 0 Å². The van der Waals surface area contributed by atoms with E-state index in [1.165, 1.54) is 174 Å². The molecule has 0 aromatic rings. The molecule has 1 heteroatoms. The van der Waals surface area contributed by atoms with E-state index in [0.717, 1.165) is 0 Å². The third kappa shape index (κ3) is 22.4. The minimum atomic E-state index is 0.371. The lowest BCUT2D eigenvalue weighted by Gasteiger charge is -2.38. The molecule has 0 spiro atoms. The highest BCUT2D eigenvalue weighted by atomic mass is 15.2. The summed E-state index contributed by atoms with van der Waals surface area (Å²) in [7, 11) is 0. The number of unbranched alkanes of at least 4 members (excludes halogenated alkanes) is 22. The predicted octanol–water partition coefficient (Wildman–Crippen LogP) is 11.9. The van der Waals surface area contributed by atoms with E-state index in [-0.39, 0.29) is 0 Å². The van der Waals surface area contributed by atoms with E-state index in [9.17, 15) is 0 Å². The molecule has 0 fully saturated rings. The maximum Gasteiger partial charge on any atom is 0.0150 e. The van der Waals surface area contributed by atoms with Gasteiger partial charge in [-0.3, -0.25) is 4.90 Å². The number of hydrogen-bond acceptors (Lipinski definition) is 1. The zero-order valence-electron chi connectivity index (χ0n) is 25.0. The van der Waals surface area contributed by atoms with Crippen molar-refractivity contribution in [2.45, 2.75) is 201 Å². The van der Waals surface area contributed by atoms with Crippen LogP contribution in [-0.2, 0) is 0 Å². The van der Waals surface area contributed by atoms with Gasteiger partial charge in [0.2, 0.25) is 0 Å². The van der Waals surface area contributed by atoms with E-state index < -0.39 is 0 Å². The van der Waals surface area contributed by atoms with Crippen molar-refractivity contribution in [3.8, 4) is 0 Å². The van der Waals surface area contributed by atoms with Gasteiger partial charge in [-0.05, 0) is 46.2 Å². The average Bonchev–Trinajstić information content (AvgIpc) is 2.83. The summed E-state index contributed by atoms with van der Waals surface area (Å²) in [4.78, 5) is 2.82. The average molecular weight is 480 g/mol. The molecule has 0 bridgehead atoms.